The molecule has 0 saturated heterocycles. The summed E-state index contributed by atoms with van der Waals surface area (Å²) >= 11 is 1.93. The summed E-state index contributed by atoms with van der Waals surface area (Å²) in [7, 11) is 0. The highest BCUT2D eigenvalue weighted by Gasteiger charge is 2.55. The third kappa shape index (κ3) is 2.66. The molecule has 2 aromatic rings. The zero-order valence-corrected chi connectivity index (χ0v) is 15.2. The molecule has 2 heteroatoms. The summed E-state index contributed by atoms with van der Waals surface area (Å²) in [5.74, 6) is 2.66. The summed E-state index contributed by atoms with van der Waals surface area (Å²) in [6.07, 6.45) is 2.82. The minimum Gasteiger partial charge on any atom is -0.309 e. The van der Waals surface area contributed by atoms with E-state index in [4.69, 9.17) is 0 Å². The van der Waals surface area contributed by atoms with Gasteiger partial charge in [-0.1, -0.05) is 51.1 Å². The average molecular weight is 326 g/mol. The molecule has 23 heavy (non-hydrogen) atoms. The van der Waals surface area contributed by atoms with Crippen LogP contribution in [0.15, 0.2) is 42.5 Å². The van der Waals surface area contributed by atoms with Gasteiger partial charge in [0.25, 0.3) is 0 Å². The maximum atomic E-state index is 3.86. The van der Waals surface area contributed by atoms with Gasteiger partial charge in [0.1, 0.15) is 0 Å². The largest absolute Gasteiger partial charge is 0.309 e. The van der Waals surface area contributed by atoms with Crippen molar-refractivity contribution in [3.8, 4) is 10.4 Å². The van der Waals surface area contributed by atoms with E-state index in [9.17, 15) is 0 Å². The van der Waals surface area contributed by atoms with Gasteiger partial charge >= 0.3 is 0 Å². The highest BCUT2D eigenvalue weighted by Crippen LogP contribution is 2.61. The molecule has 0 aliphatic heterocycles. The van der Waals surface area contributed by atoms with Crippen LogP contribution in [0.1, 0.15) is 38.5 Å². The molecule has 0 spiro atoms. The Kier molecular flexibility index (Phi) is 3.85. The summed E-state index contributed by atoms with van der Waals surface area (Å²) < 4.78 is 0. The first-order valence-corrected chi connectivity index (χ1v) is 9.75. The Hall–Kier alpha value is -1.12. The fourth-order valence-electron chi connectivity index (χ4n) is 4.88. The first-order valence-electron chi connectivity index (χ1n) is 8.93. The summed E-state index contributed by atoms with van der Waals surface area (Å²) in [5.41, 5.74) is 1.92. The molecule has 122 valence electrons. The lowest BCUT2D eigenvalue weighted by atomic mass is 9.45. The SMILES string of the molecule is CC1C(NCc2ccc(-c3ccccc3)s2)CC2CC1C2(C)C. The quantitative estimate of drug-likeness (QED) is 0.774. The van der Waals surface area contributed by atoms with Gasteiger partial charge in [0.15, 0.2) is 0 Å². The normalized spacial score (nSPS) is 31.6. The maximum absolute atomic E-state index is 3.86. The van der Waals surface area contributed by atoms with Crippen molar-refractivity contribution < 1.29 is 0 Å². The Balaban J connectivity index is 1.38. The molecular weight excluding hydrogens is 298 g/mol. The van der Waals surface area contributed by atoms with Gasteiger partial charge in [-0.25, -0.2) is 0 Å². The Bertz CT molecular complexity index is 672. The van der Waals surface area contributed by atoms with Crippen molar-refractivity contribution in [3.63, 3.8) is 0 Å². The fraction of sp³-hybridized carbons (Fsp3) is 0.524. The first kappa shape index (κ1) is 15.4. The number of fused-ring (bicyclic) bond motifs is 2. The summed E-state index contributed by atoms with van der Waals surface area (Å²) in [6.45, 7) is 8.43. The molecule has 2 bridgehead atoms. The van der Waals surface area contributed by atoms with E-state index in [0.717, 1.165) is 24.3 Å². The van der Waals surface area contributed by atoms with Crippen molar-refractivity contribution >= 4 is 11.3 Å². The standard InChI is InChI=1S/C21H27NS/c1-14-18-11-16(21(18,2)3)12-19(14)22-13-17-9-10-20(23-17)15-7-5-4-6-8-15/h4-10,14,16,18-19,22H,11-13H2,1-3H3. The van der Waals surface area contributed by atoms with Gasteiger partial charge in [-0.2, -0.15) is 0 Å². The number of rotatable bonds is 4. The molecule has 3 aliphatic carbocycles. The fourth-order valence-corrected chi connectivity index (χ4v) is 5.85. The van der Waals surface area contributed by atoms with Gasteiger partial charge in [-0.15, -0.1) is 11.3 Å². The molecule has 1 aromatic carbocycles. The summed E-state index contributed by atoms with van der Waals surface area (Å²) in [5, 5.41) is 3.86. The predicted octanol–water partition coefficient (Wildman–Crippen LogP) is 5.58. The molecule has 4 unspecified atom stereocenters. The third-order valence-corrected chi connectivity index (χ3v) is 7.75. The maximum Gasteiger partial charge on any atom is 0.0346 e. The van der Waals surface area contributed by atoms with Gasteiger partial charge in [-0.3, -0.25) is 0 Å². The first-order chi connectivity index (χ1) is 11.1. The van der Waals surface area contributed by atoms with Crippen LogP contribution < -0.4 is 5.32 Å². The lowest BCUT2D eigenvalue weighted by molar-refractivity contribution is -0.115. The minimum atomic E-state index is 0.584. The second kappa shape index (κ2) is 5.75. The third-order valence-electron chi connectivity index (χ3n) is 6.61. The molecule has 3 fully saturated rings. The van der Waals surface area contributed by atoms with E-state index < -0.39 is 0 Å². The Morgan fingerprint density at radius 2 is 1.87 bits per heavy atom. The molecule has 1 aromatic heterocycles. The van der Waals surface area contributed by atoms with Gasteiger partial charge in [0.2, 0.25) is 0 Å². The molecule has 3 aliphatic rings. The van der Waals surface area contributed by atoms with Crippen molar-refractivity contribution in [3.05, 3.63) is 47.3 Å². The van der Waals surface area contributed by atoms with E-state index in [0.29, 0.717) is 11.5 Å². The number of benzene rings is 1. The number of hydrogen-bond acceptors (Lipinski definition) is 2. The van der Waals surface area contributed by atoms with Crippen molar-refractivity contribution in [2.24, 2.45) is 23.2 Å². The molecule has 3 saturated carbocycles. The van der Waals surface area contributed by atoms with Crippen LogP contribution in [0, 0.1) is 23.2 Å². The molecule has 1 nitrogen and oxygen atoms in total. The van der Waals surface area contributed by atoms with Gasteiger partial charge < -0.3 is 5.32 Å². The summed E-state index contributed by atoms with van der Waals surface area (Å²) in [6, 6.07) is 16.0. The van der Waals surface area contributed by atoms with E-state index in [2.05, 4.69) is 68.6 Å². The van der Waals surface area contributed by atoms with Crippen LogP contribution in [0.25, 0.3) is 10.4 Å². The Labute approximate surface area is 144 Å². The van der Waals surface area contributed by atoms with Crippen LogP contribution in [0.4, 0.5) is 0 Å². The van der Waals surface area contributed by atoms with Crippen LogP contribution in [0.5, 0.6) is 0 Å². The van der Waals surface area contributed by atoms with E-state index in [1.165, 1.54) is 28.2 Å². The topological polar surface area (TPSA) is 12.0 Å². The zero-order chi connectivity index (χ0) is 16.0. The van der Waals surface area contributed by atoms with Gasteiger partial charge in [-0.05, 0) is 53.7 Å². The molecular formula is C21H27NS. The van der Waals surface area contributed by atoms with Crippen molar-refractivity contribution in [2.45, 2.75) is 46.2 Å². The Morgan fingerprint density at radius 1 is 1.09 bits per heavy atom. The molecule has 0 amide bonds. The average Bonchev–Trinajstić information content (AvgIpc) is 3.03. The lowest BCUT2D eigenvalue weighted by Crippen LogP contribution is -2.59. The van der Waals surface area contributed by atoms with Crippen LogP contribution in [0.3, 0.4) is 0 Å². The smallest absolute Gasteiger partial charge is 0.0346 e. The molecule has 0 radical (unpaired) electrons. The van der Waals surface area contributed by atoms with Crippen LogP contribution in [-0.4, -0.2) is 6.04 Å². The van der Waals surface area contributed by atoms with Crippen molar-refractivity contribution in [1.82, 2.24) is 5.32 Å². The van der Waals surface area contributed by atoms with Crippen LogP contribution in [0.2, 0.25) is 0 Å². The monoisotopic (exact) mass is 325 g/mol. The van der Waals surface area contributed by atoms with E-state index in [-0.39, 0.29) is 0 Å². The Morgan fingerprint density at radius 3 is 2.57 bits per heavy atom. The lowest BCUT2D eigenvalue weighted by Gasteiger charge is -2.62. The number of hydrogen-bond donors (Lipinski definition) is 1. The van der Waals surface area contributed by atoms with E-state index in [1.54, 1.807) is 0 Å². The summed E-state index contributed by atoms with van der Waals surface area (Å²) in [4.78, 5) is 2.83. The minimum absolute atomic E-state index is 0.584. The van der Waals surface area contributed by atoms with Crippen LogP contribution >= 0.6 is 11.3 Å². The zero-order valence-electron chi connectivity index (χ0n) is 14.4. The van der Waals surface area contributed by atoms with Crippen LogP contribution in [-0.2, 0) is 6.54 Å². The second-order valence-electron chi connectivity index (χ2n) is 8.07. The number of thiophene rings is 1. The molecule has 1 heterocycles. The highest BCUT2D eigenvalue weighted by molar-refractivity contribution is 7.15. The second-order valence-corrected chi connectivity index (χ2v) is 9.24. The van der Waals surface area contributed by atoms with Gasteiger partial charge in [0, 0.05) is 22.3 Å². The highest BCUT2D eigenvalue weighted by atomic mass is 32.1. The van der Waals surface area contributed by atoms with E-state index >= 15 is 0 Å². The van der Waals surface area contributed by atoms with Crippen molar-refractivity contribution in [2.75, 3.05) is 0 Å². The molecule has 5 rings (SSSR count). The molecule has 1 N–H and O–H groups in total. The molecule has 4 atom stereocenters. The van der Waals surface area contributed by atoms with E-state index in [1.807, 2.05) is 11.3 Å². The number of nitrogens with one attached hydrogen (secondary N) is 1. The van der Waals surface area contributed by atoms with Crippen molar-refractivity contribution in [1.29, 1.82) is 0 Å². The predicted molar refractivity (Wildman–Crippen MR) is 99.5 cm³/mol. The van der Waals surface area contributed by atoms with Gasteiger partial charge in [0.05, 0.1) is 0 Å².